The standard InChI is InChI=1S/C33H40ClN3O5S/c1-42-31-20-11-10-19-29(31)37(43(2,40)41)22-12-21-32(38)36(24-26-15-6-9-18-28(26)34)30(23-25-13-4-3-5-14-25)33(39)35-27-16-7-8-17-27/h3-6,9-11,13-15,18-20,27,30H,7-8,12,16-17,21-24H2,1-2H3,(H,35,39). The highest BCUT2D eigenvalue weighted by Crippen LogP contribution is 2.30. The first-order valence-electron chi connectivity index (χ1n) is 14.6. The molecule has 1 aliphatic carbocycles. The SMILES string of the molecule is COc1ccccc1N(CCCC(=O)N(Cc1ccccc1Cl)C(Cc1ccccc1)C(=O)NC1CCCC1)S(C)(=O)=O. The fourth-order valence-electron chi connectivity index (χ4n) is 5.55. The first-order chi connectivity index (χ1) is 20.7. The number of nitrogens with one attached hydrogen (secondary N) is 1. The second kappa shape index (κ2) is 15.3. The van der Waals surface area contributed by atoms with E-state index < -0.39 is 16.1 Å². The molecule has 1 saturated carbocycles. The summed E-state index contributed by atoms with van der Waals surface area (Å²) in [5, 5.41) is 3.70. The number of sulfonamides is 1. The van der Waals surface area contributed by atoms with Gasteiger partial charge in [-0.1, -0.05) is 85.1 Å². The quantitative estimate of drug-likeness (QED) is 0.252. The second-order valence-corrected chi connectivity index (χ2v) is 13.2. The van der Waals surface area contributed by atoms with E-state index in [0.717, 1.165) is 43.1 Å². The van der Waals surface area contributed by atoms with Crippen molar-refractivity contribution in [3.8, 4) is 5.75 Å². The molecule has 0 heterocycles. The zero-order valence-corrected chi connectivity index (χ0v) is 26.3. The molecule has 1 fully saturated rings. The molecule has 230 valence electrons. The molecule has 3 aromatic carbocycles. The van der Waals surface area contributed by atoms with Crippen LogP contribution in [0.1, 0.15) is 49.7 Å². The van der Waals surface area contributed by atoms with Gasteiger partial charge >= 0.3 is 0 Å². The summed E-state index contributed by atoms with van der Waals surface area (Å²) in [6, 6.07) is 23.1. The minimum absolute atomic E-state index is 0.0353. The Morgan fingerprint density at radius 1 is 0.977 bits per heavy atom. The molecule has 0 aromatic heterocycles. The van der Waals surface area contributed by atoms with E-state index >= 15 is 0 Å². The average molecular weight is 626 g/mol. The Labute approximate surface area is 260 Å². The van der Waals surface area contributed by atoms with Crippen LogP contribution in [0, 0.1) is 0 Å². The van der Waals surface area contributed by atoms with Crippen LogP contribution in [-0.2, 0) is 32.6 Å². The van der Waals surface area contributed by atoms with Gasteiger partial charge in [-0.05, 0) is 48.6 Å². The molecule has 0 saturated heterocycles. The molecule has 4 rings (SSSR count). The lowest BCUT2D eigenvalue weighted by Gasteiger charge is -2.33. The smallest absolute Gasteiger partial charge is 0.243 e. The van der Waals surface area contributed by atoms with Crippen LogP contribution in [0.4, 0.5) is 5.69 Å². The van der Waals surface area contributed by atoms with Crippen molar-refractivity contribution in [2.45, 2.75) is 63.6 Å². The van der Waals surface area contributed by atoms with Gasteiger partial charge in [0.1, 0.15) is 11.8 Å². The van der Waals surface area contributed by atoms with Crippen LogP contribution in [0.3, 0.4) is 0 Å². The third kappa shape index (κ3) is 8.97. The topological polar surface area (TPSA) is 96.0 Å². The van der Waals surface area contributed by atoms with Crippen molar-refractivity contribution in [3.63, 3.8) is 0 Å². The van der Waals surface area contributed by atoms with Crippen molar-refractivity contribution in [1.29, 1.82) is 0 Å². The van der Waals surface area contributed by atoms with Crippen molar-refractivity contribution in [1.82, 2.24) is 10.2 Å². The lowest BCUT2D eigenvalue weighted by molar-refractivity contribution is -0.141. The van der Waals surface area contributed by atoms with Crippen molar-refractivity contribution in [2.75, 3.05) is 24.2 Å². The maximum atomic E-state index is 14.0. The number of amides is 2. The Morgan fingerprint density at radius 3 is 2.30 bits per heavy atom. The minimum Gasteiger partial charge on any atom is -0.495 e. The summed E-state index contributed by atoms with van der Waals surface area (Å²) in [5.41, 5.74) is 2.08. The number of ether oxygens (including phenoxy) is 1. The van der Waals surface area contributed by atoms with Gasteiger partial charge in [0.25, 0.3) is 0 Å². The predicted octanol–water partition coefficient (Wildman–Crippen LogP) is 5.59. The molecule has 43 heavy (non-hydrogen) atoms. The Balaban J connectivity index is 1.60. The van der Waals surface area contributed by atoms with Gasteiger partial charge in [-0.3, -0.25) is 13.9 Å². The zero-order valence-electron chi connectivity index (χ0n) is 24.7. The molecule has 1 N–H and O–H groups in total. The summed E-state index contributed by atoms with van der Waals surface area (Å²) in [5.74, 6) is -0.0232. The summed E-state index contributed by atoms with van der Waals surface area (Å²) in [4.78, 5) is 29.5. The summed E-state index contributed by atoms with van der Waals surface area (Å²) < 4.78 is 32.2. The summed E-state index contributed by atoms with van der Waals surface area (Å²) in [7, 11) is -2.17. The number of anilines is 1. The molecule has 1 unspecified atom stereocenters. The molecule has 2 amide bonds. The van der Waals surface area contributed by atoms with Crippen LogP contribution in [0.2, 0.25) is 5.02 Å². The van der Waals surface area contributed by atoms with Crippen LogP contribution in [0.25, 0.3) is 0 Å². The number of rotatable bonds is 14. The number of para-hydroxylation sites is 2. The second-order valence-electron chi connectivity index (χ2n) is 10.9. The molecule has 0 radical (unpaired) electrons. The minimum atomic E-state index is -3.66. The fourth-order valence-corrected chi connectivity index (χ4v) is 6.71. The van der Waals surface area contributed by atoms with E-state index in [1.54, 1.807) is 35.2 Å². The summed E-state index contributed by atoms with van der Waals surface area (Å²) in [6.07, 6.45) is 5.73. The van der Waals surface area contributed by atoms with E-state index in [-0.39, 0.29) is 43.8 Å². The van der Waals surface area contributed by atoms with E-state index in [1.165, 1.54) is 11.4 Å². The van der Waals surface area contributed by atoms with E-state index in [1.807, 2.05) is 48.5 Å². The van der Waals surface area contributed by atoms with Crippen LogP contribution in [0.5, 0.6) is 5.75 Å². The Kier molecular flexibility index (Phi) is 11.5. The molecule has 0 bridgehead atoms. The lowest BCUT2D eigenvalue weighted by atomic mass is 10.0. The number of carbonyl (C=O) groups is 2. The summed E-state index contributed by atoms with van der Waals surface area (Å²) in [6.45, 7) is 0.221. The van der Waals surface area contributed by atoms with Crippen molar-refractivity contribution in [2.24, 2.45) is 0 Å². The highest BCUT2D eigenvalue weighted by atomic mass is 35.5. The average Bonchev–Trinajstić information content (AvgIpc) is 3.51. The molecule has 0 spiro atoms. The molecule has 1 aliphatic rings. The highest BCUT2D eigenvalue weighted by molar-refractivity contribution is 7.92. The molecule has 3 aromatic rings. The van der Waals surface area contributed by atoms with Gasteiger partial charge in [-0.25, -0.2) is 8.42 Å². The predicted molar refractivity (Wildman–Crippen MR) is 171 cm³/mol. The van der Waals surface area contributed by atoms with E-state index in [0.29, 0.717) is 22.9 Å². The maximum Gasteiger partial charge on any atom is 0.243 e. The monoisotopic (exact) mass is 625 g/mol. The molecular formula is C33H40ClN3O5S. The van der Waals surface area contributed by atoms with Crippen molar-refractivity contribution >= 4 is 39.1 Å². The molecule has 0 aliphatic heterocycles. The molecular weight excluding hydrogens is 586 g/mol. The van der Waals surface area contributed by atoms with Crippen molar-refractivity contribution < 1.29 is 22.7 Å². The van der Waals surface area contributed by atoms with Gasteiger partial charge in [-0.15, -0.1) is 0 Å². The van der Waals surface area contributed by atoms with Crippen LogP contribution >= 0.6 is 11.6 Å². The zero-order chi connectivity index (χ0) is 30.8. The van der Waals surface area contributed by atoms with Crippen molar-refractivity contribution in [3.05, 3.63) is 95.0 Å². The Morgan fingerprint density at radius 2 is 1.63 bits per heavy atom. The molecule has 10 heteroatoms. The Hall–Kier alpha value is -3.56. The number of hydrogen-bond donors (Lipinski definition) is 1. The largest absolute Gasteiger partial charge is 0.495 e. The molecule has 8 nitrogen and oxygen atoms in total. The van der Waals surface area contributed by atoms with Crippen LogP contribution in [-0.4, -0.2) is 57.1 Å². The maximum absolute atomic E-state index is 14.0. The normalized spacial score (nSPS) is 14.2. The molecule has 1 atom stereocenters. The third-order valence-electron chi connectivity index (χ3n) is 7.78. The number of methoxy groups -OCH3 is 1. The van der Waals surface area contributed by atoms with Gasteiger partial charge in [0, 0.05) is 37.0 Å². The van der Waals surface area contributed by atoms with Crippen LogP contribution < -0.4 is 14.4 Å². The number of nitrogens with zero attached hydrogens (tertiary/aromatic N) is 2. The first kappa shape index (κ1) is 32.4. The number of carbonyl (C=O) groups excluding carboxylic acids is 2. The summed E-state index contributed by atoms with van der Waals surface area (Å²) >= 11 is 6.52. The third-order valence-corrected chi connectivity index (χ3v) is 9.33. The first-order valence-corrected chi connectivity index (χ1v) is 16.9. The van der Waals surface area contributed by atoms with E-state index in [4.69, 9.17) is 16.3 Å². The highest BCUT2D eigenvalue weighted by Gasteiger charge is 2.32. The lowest BCUT2D eigenvalue weighted by Crippen LogP contribution is -2.52. The Bertz CT molecular complexity index is 1480. The number of halogens is 1. The van der Waals surface area contributed by atoms with Gasteiger partial charge in [-0.2, -0.15) is 0 Å². The van der Waals surface area contributed by atoms with Gasteiger partial charge in [0.05, 0.1) is 19.1 Å². The number of hydrogen-bond acceptors (Lipinski definition) is 5. The van der Waals surface area contributed by atoms with Crippen LogP contribution in [0.15, 0.2) is 78.9 Å². The van der Waals surface area contributed by atoms with Gasteiger partial charge in [0.2, 0.25) is 21.8 Å². The van der Waals surface area contributed by atoms with Gasteiger partial charge in [0.15, 0.2) is 0 Å². The van der Waals surface area contributed by atoms with E-state index in [9.17, 15) is 18.0 Å². The van der Waals surface area contributed by atoms with Gasteiger partial charge < -0.3 is 15.0 Å². The number of benzene rings is 3. The van der Waals surface area contributed by atoms with E-state index in [2.05, 4.69) is 5.32 Å². The fraction of sp³-hybridized carbons (Fsp3) is 0.394.